The Morgan fingerprint density at radius 2 is 1.62 bits per heavy atom. The minimum atomic E-state index is -5.98. The summed E-state index contributed by atoms with van der Waals surface area (Å²) in [6.45, 7) is -0.777. The first-order valence-electron chi connectivity index (χ1n) is 7.34. The number of methoxy groups -OCH3 is 1. The number of amides is 2. The Morgan fingerprint density at radius 3 is 2.00 bits per heavy atom. The van der Waals surface area contributed by atoms with Crippen molar-refractivity contribution in [1.29, 1.82) is 0 Å². The first kappa shape index (κ1) is 19.9. The number of halogens is 6. The molecular weight excluding hydrogens is 370 g/mol. The van der Waals surface area contributed by atoms with Gasteiger partial charge in [0.25, 0.3) is 5.91 Å². The Bertz CT molecular complexity index is 670. The van der Waals surface area contributed by atoms with Gasteiger partial charge in [-0.25, -0.2) is 0 Å². The van der Waals surface area contributed by atoms with E-state index in [0.29, 0.717) is 0 Å². The summed E-state index contributed by atoms with van der Waals surface area (Å²) in [6, 6.07) is 4.44. The SMILES string of the molecule is COc1ccc(C(=O)NC(N2CCCC2=O)(C(F)(F)F)C(F)(F)F)cc1. The minimum absolute atomic E-state index is 0.175. The molecule has 0 unspecified atom stereocenters. The molecule has 0 atom stereocenters. The molecule has 1 heterocycles. The van der Waals surface area contributed by atoms with Crippen LogP contribution in [0.5, 0.6) is 5.75 Å². The van der Waals surface area contributed by atoms with Gasteiger partial charge in [-0.3, -0.25) is 9.59 Å². The second-order valence-corrected chi connectivity index (χ2v) is 5.54. The smallest absolute Gasteiger partial charge is 0.440 e. The standard InChI is InChI=1S/C15H14F6N2O3/c1-26-10-6-4-9(5-7-10)12(25)22-13(14(16,17)18,15(19,20)21)23-8-2-3-11(23)24/h4-7H,2-3,8H2,1H3,(H,22,25). The molecule has 2 amide bonds. The molecule has 1 fully saturated rings. The number of rotatable bonds is 4. The van der Waals surface area contributed by atoms with Crippen molar-refractivity contribution < 1.29 is 40.7 Å². The third kappa shape index (κ3) is 3.29. The topological polar surface area (TPSA) is 58.6 Å². The molecule has 0 aromatic heterocycles. The molecule has 1 aromatic rings. The Balaban J connectivity index is 2.49. The van der Waals surface area contributed by atoms with Crippen LogP contribution in [0.25, 0.3) is 0 Å². The number of benzene rings is 1. The van der Waals surface area contributed by atoms with Gasteiger partial charge in [-0.05, 0) is 30.7 Å². The fraction of sp³-hybridized carbons (Fsp3) is 0.467. The molecule has 11 heteroatoms. The van der Waals surface area contributed by atoms with E-state index in [9.17, 15) is 35.9 Å². The van der Waals surface area contributed by atoms with E-state index in [1.807, 2.05) is 0 Å². The van der Waals surface area contributed by atoms with Crippen LogP contribution in [0.2, 0.25) is 0 Å². The van der Waals surface area contributed by atoms with Crippen molar-refractivity contribution in [1.82, 2.24) is 10.2 Å². The predicted molar refractivity (Wildman–Crippen MR) is 76.2 cm³/mol. The van der Waals surface area contributed by atoms with Gasteiger partial charge in [0.1, 0.15) is 5.75 Å². The average Bonchev–Trinajstić information content (AvgIpc) is 2.96. The molecule has 2 rings (SSSR count). The van der Waals surface area contributed by atoms with Gasteiger partial charge in [-0.1, -0.05) is 0 Å². The largest absolute Gasteiger partial charge is 0.497 e. The number of hydrogen-bond donors (Lipinski definition) is 1. The average molecular weight is 384 g/mol. The van der Waals surface area contributed by atoms with Crippen LogP contribution in [0.3, 0.4) is 0 Å². The van der Waals surface area contributed by atoms with Gasteiger partial charge in [0.2, 0.25) is 5.91 Å². The third-order valence-electron chi connectivity index (χ3n) is 3.95. The lowest BCUT2D eigenvalue weighted by molar-refractivity contribution is -0.341. The van der Waals surface area contributed by atoms with E-state index in [2.05, 4.69) is 0 Å². The Morgan fingerprint density at radius 1 is 1.08 bits per heavy atom. The molecule has 1 aliphatic heterocycles. The van der Waals surface area contributed by atoms with Crippen molar-refractivity contribution >= 4 is 11.8 Å². The van der Waals surface area contributed by atoms with Gasteiger partial charge in [-0.2, -0.15) is 26.3 Å². The van der Waals surface area contributed by atoms with Crippen LogP contribution in [0.4, 0.5) is 26.3 Å². The predicted octanol–water partition coefficient (Wildman–Crippen LogP) is 2.87. The van der Waals surface area contributed by atoms with Crippen LogP contribution in [-0.2, 0) is 4.79 Å². The summed E-state index contributed by atoms with van der Waals surface area (Å²) in [5, 5.41) is 1.01. The molecule has 5 nitrogen and oxygen atoms in total. The number of alkyl halides is 6. The second kappa shape index (κ2) is 6.69. The van der Waals surface area contributed by atoms with E-state index in [1.54, 1.807) is 0 Å². The lowest BCUT2D eigenvalue weighted by Gasteiger charge is -2.43. The van der Waals surface area contributed by atoms with E-state index in [-0.39, 0.29) is 17.1 Å². The molecule has 0 spiro atoms. The summed E-state index contributed by atoms with van der Waals surface area (Å²) in [5.41, 5.74) is -5.25. The lowest BCUT2D eigenvalue weighted by Crippen LogP contribution is -2.76. The molecule has 1 aromatic carbocycles. The summed E-state index contributed by atoms with van der Waals surface area (Å²) in [5.74, 6) is -2.70. The van der Waals surface area contributed by atoms with Crippen molar-refractivity contribution in [2.24, 2.45) is 0 Å². The number of nitrogens with one attached hydrogen (secondary N) is 1. The quantitative estimate of drug-likeness (QED) is 0.813. The highest BCUT2D eigenvalue weighted by atomic mass is 19.4. The molecule has 0 saturated carbocycles. The number of hydrogen-bond acceptors (Lipinski definition) is 3. The Kier molecular flexibility index (Phi) is 5.11. The zero-order valence-electron chi connectivity index (χ0n) is 13.4. The van der Waals surface area contributed by atoms with Crippen molar-refractivity contribution in [2.45, 2.75) is 30.9 Å². The zero-order chi connectivity index (χ0) is 19.8. The molecule has 0 radical (unpaired) electrons. The number of carbonyl (C=O) groups is 2. The van der Waals surface area contributed by atoms with Crippen LogP contribution in [0, 0.1) is 0 Å². The van der Waals surface area contributed by atoms with Crippen LogP contribution < -0.4 is 10.1 Å². The monoisotopic (exact) mass is 384 g/mol. The molecule has 26 heavy (non-hydrogen) atoms. The number of nitrogens with zero attached hydrogens (tertiary/aromatic N) is 1. The maximum absolute atomic E-state index is 13.5. The number of ether oxygens (including phenoxy) is 1. The van der Waals surface area contributed by atoms with Crippen LogP contribution in [0.15, 0.2) is 24.3 Å². The van der Waals surface area contributed by atoms with E-state index in [4.69, 9.17) is 4.74 Å². The molecule has 0 bridgehead atoms. The highest BCUT2D eigenvalue weighted by Gasteiger charge is 2.76. The third-order valence-corrected chi connectivity index (χ3v) is 3.95. The van der Waals surface area contributed by atoms with E-state index in [1.165, 1.54) is 19.2 Å². The van der Waals surface area contributed by atoms with Crippen molar-refractivity contribution in [3.05, 3.63) is 29.8 Å². The summed E-state index contributed by atoms with van der Waals surface area (Å²) < 4.78 is 86.1. The fourth-order valence-electron chi connectivity index (χ4n) is 2.66. The summed E-state index contributed by atoms with van der Waals surface area (Å²) >= 11 is 0. The van der Waals surface area contributed by atoms with Crippen molar-refractivity contribution in [2.75, 3.05) is 13.7 Å². The van der Waals surface area contributed by atoms with E-state index in [0.717, 1.165) is 17.4 Å². The maximum Gasteiger partial charge on any atom is 0.440 e. The van der Waals surface area contributed by atoms with E-state index < -0.39 is 48.4 Å². The Hall–Kier alpha value is -2.46. The first-order valence-corrected chi connectivity index (χ1v) is 7.34. The summed E-state index contributed by atoms with van der Waals surface area (Å²) in [4.78, 5) is 23.4. The Labute approximate surface area is 143 Å². The highest BCUT2D eigenvalue weighted by molar-refractivity contribution is 5.95. The van der Waals surface area contributed by atoms with Gasteiger partial charge >= 0.3 is 18.0 Å². The van der Waals surface area contributed by atoms with Gasteiger partial charge < -0.3 is 15.0 Å². The van der Waals surface area contributed by atoms with Crippen LogP contribution in [0.1, 0.15) is 23.2 Å². The van der Waals surface area contributed by atoms with Crippen molar-refractivity contribution in [3.8, 4) is 5.75 Å². The zero-order valence-corrected chi connectivity index (χ0v) is 13.4. The minimum Gasteiger partial charge on any atom is -0.497 e. The van der Waals surface area contributed by atoms with Gasteiger partial charge in [0.05, 0.1) is 7.11 Å². The molecule has 1 N–H and O–H groups in total. The van der Waals surface area contributed by atoms with Crippen LogP contribution in [-0.4, -0.2) is 48.4 Å². The second-order valence-electron chi connectivity index (χ2n) is 5.54. The maximum atomic E-state index is 13.5. The van der Waals surface area contributed by atoms with Gasteiger partial charge in [0.15, 0.2) is 0 Å². The molecule has 1 saturated heterocycles. The summed E-state index contributed by atoms with van der Waals surface area (Å²) in [6.07, 6.45) is -12.6. The molecule has 1 aliphatic rings. The molecular formula is C15H14F6N2O3. The number of likely N-dealkylation sites (tertiary alicyclic amines) is 1. The lowest BCUT2D eigenvalue weighted by atomic mass is 10.1. The molecule has 0 aliphatic carbocycles. The number of carbonyl (C=O) groups excluding carboxylic acids is 2. The van der Waals surface area contributed by atoms with Gasteiger partial charge in [-0.15, -0.1) is 0 Å². The highest BCUT2D eigenvalue weighted by Crippen LogP contribution is 2.47. The van der Waals surface area contributed by atoms with Crippen LogP contribution >= 0.6 is 0 Å². The van der Waals surface area contributed by atoms with Gasteiger partial charge in [0, 0.05) is 18.5 Å². The van der Waals surface area contributed by atoms with E-state index >= 15 is 0 Å². The first-order chi connectivity index (χ1) is 11.9. The normalized spacial score (nSPS) is 16.0. The summed E-state index contributed by atoms with van der Waals surface area (Å²) in [7, 11) is 1.30. The molecule has 144 valence electrons. The van der Waals surface area contributed by atoms with Crippen molar-refractivity contribution in [3.63, 3.8) is 0 Å². The fourth-order valence-corrected chi connectivity index (χ4v) is 2.66.